The van der Waals surface area contributed by atoms with Crippen LogP contribution in [0, 0.1) is 0 Å². The average Bonchev–Trinajstić information content (AvgIpc) is 2.46. The Bertz CT molecular complexity index is 213. The summed E-state index contributed by atoms with van der Waals surface area (Å²) in [6.45, 7) is 0.806. The fraction of sp³-hybridized carbons (Fsp3) is 1.00. The molecule has 4 N–H and O–H groups in total. The Morgan fingerprint density at radius 3 is 2.43 bits per heavy atom. The van der Waals surface area contributed by atoms with Crippen LogP contribution in [-0.4, -0.2) is 37.8 Å². The van der Waals surface area contributed by atoms with Crippen molar-refractivity contribution >= 4 is 10.8 Å². The minimum atomic E-state index is -2.47. The molecule has 2 rings (SSSR count). The molecule has 1 aliphatic heterocycles. The van der Waals surface area contributed by atoms with Crippen molar-refractivity contribution in [3.63, 3.8) is 0 Å². The highest BCUT2D eigenvalue weighted by Gasteiger charge is 2.38. The van der Waals surface area contributed by atoms with Crippen molar-refractivity contribution in [1.82, 2.24) is 4.31 Å². The summed E-state index contributed by atoms with van der Waals surface area (Å²) in [7, 11) is -2.47. The van der Waals surface area contributed by atoms with Crippen molar-refractivity contribution in [2.45, 2.75) is 44.2 Å². The van der Waals surface area contributed by atoms with Gasteiger partial charge in [0.15, 0.2) is 0 Å². The summed E-state index contributed by atoms with van der Waals surface area (Å²) in [4.78, 5) is 0. The number of nitrogens with zero attached hydrogens (tertiary/aromatic N) is 1. The first-order chi connectivity index (χ1) is 6.61. The summed E-state index contributed by atoms with van der Waals surface area (Å²) in [6.07, 6.45) is 5.30. The van der Waals surface area contributed by atoms with E-state index in [2.05, 4.69) is 0 Å². The summed E-state index contributed by atoms with van der Waals surface area (Å²) >= 11 is 0. The van der Waals surface area contributed by atoms with Crippen LogP contribution in [0.3, 0.4) is 0 Å². The minimum Gasteiger partial charge on any atom is -0.326 e. The van der Waals surface area contributed by atoms with Crippen LogP contribution in [-0.2, 0) is 0 Å². The van der Waals surface area contributed by atoms with Gasteiger partial charge in [0.1, 0.15) is 0 Å². The van der Waals surface area contributed by atoms with Gasteiger partial charge in [-0.15, -0.1) is 10.8 Å². The zero-order valence-electron chi connectivity index (χ0n) is 8.43. The molecule has 0 bridgehead atoms. The van der Waals surface area contributed by atoms with Crippen molar-refractivity contribution < 1.29 is 9.11 Å². The van der Waals surface area contributed by atoms with Crippen LogP contribution in [0.2, 0.25) is 0 Å². The minimum absolute atomic E-state index is 0.132. The lowest BCUT2D eigenvalue weighted by molar-refractivity contribution is 0.220. The van der Waals surface area contributed by atoms with Crippen LogP contribution >= 0.6 is 10.8 Å². The van der Waals surface area contributed by atoms with Gasteiger partial charge in [-0.2, -0.15) is 0 Å². The number of hydrogen-bond donors (Lipinski definition) is 3. The van der Waals surface area contributed by atoms with Gasteiger partial charge in [-0.05, 0) is 19.3 Å². The zero-order valence-corrected chi connectivity index (χ0v) is 9.25. The van der Waals surface area contributed by atoms with E-state index in [0.29, 0.717) is 5.75 Å². The van der Waals surface area contributed by atoms with E-state index >= 15 is 0 Å². The van der Waals surface area contributed by atoms with Crippen LogP contribution < -0.4 is 5.73 Å². The molecule has 0 radical (unpaired) electrons. The van der Waals surface area contributed by atoms with E-state index < -0.39 is 10.8 Å². The Balaban J connectivity index is 2.05. The van der Waals surface area contributed by atoms with Crippen molar-refractivity contribution in [3.05, 3.63) is 0 Å². The summed E-state index contributed by atoms with van der Waals surface area (Å²) < 4.78 is 21.5. The van der Waals surface area contributed by atoms with Crippen LogP contribution in [0.25, 0.3) is 0 Å². The molecule has 0 aromatic rings. The highest BCUT2D eigenvalue weighted by atomic mass is 32.3. The fourth-order valence-electron chi connectivity index (χ4n) is 2.56. The smallest absolute Gasteiger partial charge is 0.0543 e. The predicted molar refractivity (Wildman–Crippen MR) is 59.3 cm³/mol. The van der Waals surface area contributed by atoms with Gasteiger partial charge < -0.3 is 5.73 Å². The number of nitrogens with two attached hydrogens (primary N) is 1. The highest BCUT2D eigenvalue weighted by molar-refractivity contribution is 8.22. The lowest BCUT2D eigenvalue weighted by atomic mass is 9.91. The molecule has 0 aromatic heterocycles. The first-order valence-electron chi connectivity index (χ1n) is 5.39. The van der Waals surface area contributed by atoms with Gasteiger partial charge in [-0.1, -0.05) is 12.8 Å². The van der Waals surface area contributed by atoms with Crippen LogP contribution in [0.4, 0.5) is 0 Å². The van der Waals surface area contributed by atoms with Gasteiger partial charge in [0.2, 0.25) is 0 Å². The molecule has 0 aromatic carbocycles. The summed E-state index contributed by atoms with van der Waals surface area (Å²) in [5.74, 6) is 0.538. The van der Waals surface area contributed by atoms with Gasteiger partial charge >= 0.3 is 0 Å². The molecule has 84 valence electrons. The fourth-order valence-corrected chi connectivity index (χ4v) is 4.43. The molecule has 1 saturated carbocycles. The molecule has 1 heterocycles. The molecule has 5 heteroatoms. The molecule has 2 atom stereocenters. The number of hydrogen-bond acceptors (Lipinski definition) is 4. The molecule has 4 nitrogen and oxygen atoms in total. The van der Waals surface area contributed by atoms with Crippen LogP contribution in [0.5, 0.6) is 0 Å². The van der Waals surface area contributed by atoms with Crippen LogP contribution in [0.15, 0.2) is 0 Å². The second kappa shape index (κ2) is 3.98. The first-order valence-corrected chi connectivity index (χ1v) is 7.07. The van der Waals surface area contributed by atoms with E-state index in [9.17, 15) is 9.11 Å². The van der Waals surface area contributed by atoms with Gasteiger partial charge in [-0.25, -0.2) is 4.31 Å². The molecule has 2 aliphatic rings. The summed E-state index contributed by atoms with van der Waals surface area (Å²) in [5, 5.41) is 0. The molecule has 2 fully saturated rings. The van der Waals surface area contributed by atoms with E-state index in [1.165, 1.54) is 12.8 Å². The lowest BCUT2D eigenvalue weighted by Gasteiger charge is -2.45. The summed E-state index contributed by atoms with van der Waals surface area (Å²) in [5.41, 5.74) is 6.03. The maximum absolute atomic E-state index is 9.83. The second-order valence-corrected chi connectivity index (χ2v) is 6.49. The van der Waals surface area contributed by atoms with Crippen molar-refractivity contribution in [3.8, 4) is 0 Å². The third kappa shape index (κ3) is 1.92. The lowest BCUT2D eigenvalue weighted by Crippen LogP contribution is -2.48. The Morgan fingerprint density at radius 2 is 1.86 bits per heavy atom. The van der Waals surface area contributed by atoms with Crippen molar-refractivity contribution in [2.24, 2.45) is 5.73 Å². The molecular weight excluding hydrogens is 200 g/mol. The molecule has 1 aliphatic carbocycles. The standard InChI is InChI=1S/C9H20N2O2S/c10-8-4-1-2-5-9(8)11-6-3-7-14(11,12)13/h8-9,12-13H,1-7,10H2/t8-,9-/m1/s1. The molecule has 0 amide bonds. The van der Waals surface area contributed by atoms with Gasteiger partial charge in [0.25, 0.3) is 0 Å². The molecule has 14 heavy (non-hydrogen) atoms. The number of rotatable bonds is 1. The normalized spacial score (nSPS) is 41.1. The van der Waals surface area contributed by atoms with E-state index in [1.807, 2.05) is 4.31 Å². The monoisotopic (exact) mass is 220 g/mol. The zero-order chi connectivity index (χ0) is 10.2. The maximum atomic E-state index is 9.83. The van der Waals surface area contributed by atoms with Gasteiger partial charge in [0, 0.05) is 18.6 Å². The molecule has 1 saturated heterocycles. The molecule has 0 spiro atoms. The van der Waals surface area contributed by atoms with Gasteiger partial charge in [-0.3, -0.25) is 9.11 Å². The summed E-state index contributed by atoms with van der Waals surface area (Å²) in [6, 6.07) is 0.337. The van der Waals surface area contributed by atoms with E-state index in [1.54, 1.807) is 0 Å². The van der Waals surface area contributed by atoms with Crippen molar-refractivity contribution in [2.75, 3.05) is 12.3 Å². The topological polar surface area (TPSA) is 69.7 Å². The highest BCUT2D eigenvalue weighted by Crippen LogP contribution is 2.51. The molecule has 0 unspecified atom stereocenters. The van der Waals surface area contributed by atoms with E-state index in [4.69, 9.17) is 5.73 Å². The largest absolute Gasteiger partial charge is 0.326 e. The Labute approximate surface area is 86.9 Å². The van der Waals surface area contributed by atoms with Crippen molar-refractivity contribution in [1.29, 1.82) is 0 Å². The quantitative estimate of drug-likeness (QED) is 0.628. The predicted octanol–water partition coefficient (Wildman–Crippen LogP) is 1.63. The third-order valence-corrected chi connectivity index (χ3v) is 5.36. The molecular formula is C9H20N2O2S. The van der Waals surface area contributed by atoms with Gasteiger partial charge in [0.05, 0.1) is 5.75 Å². The van der Waals surface area contributed by atoms with Crippen LogP contribution in [0.1, 0.15) is 32.1 Å². The van der Waals surface area contributed by atoms with E-state index in [-0.39, 0.29) is 12.1 Å². The Morgan fingerprint density at radius 1 is 1.14 bits per heavy atom. The second-order valence-electron chi connectivity index (χ2n) is 4.35. The maximum Gasteiger partial charge on any atom is 0.0543 e. The Hall–Kier alpha value is 0.190. The Kier molecular flexibility index (Phi) is 3.04. The first kappa shape index (κ1) is 10.7. The SMILES string of the molecule is N[C@@H]1CCCC[C@H]1N1CCCS1(O)O. The average molecular weight is 220 g/mol. The van der Waals surface area contributed by atoms with E-state index in [0.717, 1.165) is 25.8 Å². The third-order valence-electron chi connectivity index (χ3n) is 3.32.